The third-order valence-corrected chi connectivity index (χ3v) is 5.80. The molecule has 1 atom stereocenters. The van der Waals surface area contributed by atoms with E-state index in [2.05, 4.69) is 0 Å². The lowest BCUT2D eigenvalue weighted by atomic mass is 10.1. The van der Waals surface area contributed by atoms with E-state index >= 15 is 0 Å². The minimum Gasteiger partial charge on any atom is -0.464 e. The third-order valence-electron chi connectivity index (χ3n) is 3.65. The van der Waals surface area contributed by atoms with Crippen molar-refractivity contribution < 1.29 is 22.9 Å². The normalized spacial score (nSPS) is 20.3. The summed E-state index contributed by atoms with van der Waals surface area (Å²) in [7, 11) is -3.42. The van der Waals surface area contributed by atoms with Crippen LogP contribution in [0.2, 0.25) is 0 Å². The molecule has 1 saturated heterocycles. The average Bonchev–Trinajstić information content (AvgIpc) is 2.47. The van der Waals surface area contributed by atoms with E-state index in [9.17, 15) is 23.3 Å². The second-order valence-electron chi connectivity index (χ2n) is 5.15. The first-order valence-corrected chi connectivity index (χ1v) is 8.74. The maximum atomic E-state index is 11.9. The molecule has 0 spiro atoms. The van der Waals surface area contributed by atoms with Crippen LogP contribution in [0.4, 0.5) is 5.69 Å². The van der Waals surface area contributed by atoms with Gasteiger partial charge in [-0.2, -0.15) is 0 Å². The monoisotopic (exact) mass is 327 g/mol. The summed E-state index contributed by atoms with van der Waals surface area (Å²) in [6.45, 7) is -0.0737. The van der Waals surface area contributed by atoms with Crippen molar-refractivity contribution in [2.24, 2.45) is 0 Å². The summed E-state index contributed by atoms with van der Waals surface area (Å²) in [5.74, 6) is -0.741. The number of benzene rings is 1. The fraction of sp³-hybridized carbons (Fsp3) is 0.500. The van der Waals surface area contributed by atoms with Gasteiger partial charge in [-0.15, -0.1) is 0 Å². The van der Waals surface area contributed by atoms with Crippen LogP contribution < -0.4 is 0 Å². The summed E-state index contributed by atoms with van der Waals surface area (Å²) < 4.78 is 28.6. The standard InChI is InChI=1S/C14H17NO6S/c16-14(13-7-3-4-10-22(13,19)20)21-9-8-11-5-1-2-6-12(11)15(17)18/h1-2,5-6,13H,3-4,7-10H2/t13-/m1/s1. The van der Waals surface area contributed by atoms with Crippen LogP contribution in [0.25, 0.3) is 0 Å². The lowest BCUT2D eigenvalue weighted by Crippen LogP contribution is -2.37. The first kappa shape index (κ1) is 16.4. The van der Waals surface area contributed by atoms with Gasteiger partial charge in [0, 0.05) is 18.1 Å². The number of para-hydroxylation sites is 1. The number of sulfone groups is 1. The molecule has 0 saturated carbocycles. The summed E-state index contributed by atoms with van der Waals surface area (Å²) in [6, 6.07) is 6.18. The first-order valence-electron chi connectivity index (χ1n) is 7.02. The van der Waals surface area contributed by atoms with Gasteiger partial charge in [0.2, 0.25) is 0 Å². The number of rotatable bonds is 5. The van der Waals surface area contributed by atoms with Crippen molar-refractivity contribution in [1.29, 1.82) is 0 Å². The highest BCUT2D eigenvalue weighted by Gasteiger charge is 2.36. The maximum Gasteiger partial charge on any atom is 0.324 e. The van der Waals surface area contributed by atoms with E-state index in [0.717, 1.165) is 0 Å². The fourth-order valence-corrected chi connectivity index (χ4v) is 4.25. The minimum atomic E-state index is -3.42. The Kier molecular flexibility index (Phi) is 5.12. The van der Waals surface area contributed by atoms with Gasteiger partial charge in [0.1, 0.15) is 0 Å². The van der Waals surface area contributed by atoms with Crippen molar-refractivity contribution in [2.75, 3.05) is 12.4 Å². The molecule has 22 heavy (non-hydrogen) atoms. The molecule has 0 bridgehead atoms. The van der Waals surface area contributed by atoms with Gasteiger partial charge >= 0.3 is 5.97 Å². The highest BCUT2D eigenvalue weighted by molar-refractivity contribution is 7.92. The van der Waals surface area contributed by atoms with E-state index in [4.69, 9.17) is 4.74 Å². The second-order valence-corrected chi connectivity index (χ2v) is 7.46. The summed E-state index contributed by atoms with van der Waals surface area (Å²) in [5.41, 5.74) is 0.413. The molecule has 1 aliphatic rings. The number of nitro groups is 1. The van der Waals surface area contributed by atoms with Gasteiger partial charge in [0.25, 0.3) is 5.69 Å². The van der Waals surface area contributed by atoms with Crippen molar-refractivity contribution in [2.45, 2.75) is 30.9 Å². The fourth-order valence-electron chi connectivity index (χ4n) is 2.47. The smallest absolute Gasteiger partial charge is 0.324 e. The molecule has 1 heterocycles. The van der Waals surface area contributed by atoms with Crippen LogP contribution in [0, 0.1) is 10.1 Å². The van der Waals surface area contributed by atoms with Gasteiger partial charge in [0.05, 0.1) is 17.3 Å². The summed E-state index contributed by atoms with van der Waals surface area (Å²) in [4.78, 5) is 22.3. The Labute approximate surface area is 128 Å². The van der Waals surface area contributed by atoms with Crippen molar-refractivity contribution in [3.63, 3.8) is 0 Å². The highest BCUT2D eigenvalue weighted by atomic mass is 32.2. The number of carbonyl (C=O) groups excluding carboxylic acids is 1. The van der Waals surface area contributed by atoms with E-state index < -0.39 is 26.0 Å². The zero-order valence-corrected chi connectivity index (χ0v) is 12.8. The van der Waals surface area contributed by atoms with Crippen LogP contribution in [0.3, 0.4) is 0 Å². The van der Waals surface area contributed by atoms with Crippen LogP contribution in [0.15, 0.2) is 24.3 Å². The Morgan fingerprint density at radius 1 is 1.32 bits per heavy atom. The van der Waals surface area contributed by atoms with Crippen molar-refractivity contribution >= 4 is 21.5 Å². The molecule has 120 valence electrons. The number of hydrogen-bond acceptors (Lipinski definition) is 6. The van der Waals surface area contributed by atoms with E-state index in [-0.39, 0.29) is 30.9 Å². The molecule has 0 amide bonds. The number of carbonyl (C=O) groups is 1. The van der Waals surface area contributed by atoms with E-state index in [0.29, 0.717) is 18.4 Å². The minimum absolute atomic E-state index is 0.0108. The van der Waals surface area contributed by atoms with E-state index in [1.54, 1.807) is 18.2 Å². The van der Waals surface area contributed by atoms with Crippen molar-refractivity contribution in [3.05, 3.63) is 39.9 Å². The zero-order valence-electron chi connectivity index (χ0n) is 11.9. The largest absolute Gasteiger partial charge is 0.464 e. The van der Waals surface area contributed by atoms with Crippen LogP contribution in [0.5, 0.6) is 0 Å². The molecular weight excluding hydrogens is 310 g/mol. The zero-order chi connectivity index (χ0) is 16.2. The Bertz CT molecular complexity index is 670. The van der Waals surface area contributed by atoms with E-state index in [1.165, 1.54) is 6.07 Å². The Balaban J connectivity index is 1.94. The molecule has 1 fully saturated rings. The molecule has 8 heteroatoms. The molecule has 2 rings (SSSR count). The Morgan fingerprint density at radius 3 is 2.73 bits per heavy atom. The summed E-state index contributed by atoms with van der Waals surface area (Å²) in [5, 5.41) is 9.78. The average molecular weight is 327 g/mol. The molecule has 0 N–H and O–H groups in total. The van der Waals surface area contributed by atoms with Crippen molar-refractivity contribution in [3.8, 4) is 0 Å². The van der Waals surface area contributed by atoms with E-state index in [1.807, 2.05) is 0 Å². The van der Waals surface area contributed by atoms with Gasteiger partial charge in [-0.25, -0.2) is 8.42 Å². The Morgan fingerprint density at radius 2 is 2.05 bits per heavy atom. The molecule has 0 radical (unpaired) electrons. The molecule has 0 unspecified atom stereocenters. The van der Waals surface area contributed by atoms with Crippen LogP contribution in [0.1, 0.15) is 24.8 Å². The second kappa shape index (κ2) is 6.87. The van der Waals surface area contributed by atoms with Gasteiger partial charge in [-0.3, -0.25) is 14.9 Å². The number of hydrogen-bond donors (Lipinski definition) is 0. The summed E-state index contributed by atoms with van der Waals surface area (Å²) in [6.07, 6.45) is 1.72. The number of ether oxygens (including phenoxy) is 1. The predicted octanol–water partition coefficient (Wildman–Crippen LogP) is 1.65. The molecule has 7 nitrogen and oxygen atoms in total. The predicted molar refractivity (Wildman–Crippen MR) is 79.2 cm³/mol. The maximum absolute atomic E-state index is 11.9. The first-order chi connectivity index (χ1) is 10.4. The molecular formula is C14H17NO6S. The lowest BCUT2D eigenvalue weighted by molar-refractivity contribution is -0.385. The SMILES string of the molecule is O=C(OCCc1ccccc1[N+](=O)[O-])[C@H]1CCCCS1(=O)=O. The topological polar surface area (TPSA) is 104 Å². The molecule has 1 aliphatic heterocycles. The Hall–Kier alpha value is -1.96. The lowest BCUT2D eigenvalue weighted by Gasteiger charge is -2.20. The van der Waals surface area contributed by atoms with Gasteiger partial charge in [0.15, 0.2) is 15.1 Å². The van der Waals surface area contributed by atoms with Gasteiger partial charge in [-0.05, 0) is 12.8 Å². The number of esters is 1. The highest BCUT2D eigenvalue weighted by Crippen LogP contribution is 2.21. The third kappa shape index (κ3) is 3.82. The van der Waals surface area contributed by atoms with Crippen LogP contribution >= 0.6 is 0 Å². The van der Waals surface area contributed by atoms with Crippen LogP contribution in [-0.2, 0) is 25.8 Å². The quantitative estimate of drug-likeness (QED) is 0.463. The molecule has 0 aromatic heterocycles. The molecule has 1 aromatic rings. The molecule has 1 aromatic carbocycles. The number of nitro benzene ring substituents is 1. The van der Waals surface area contributed by atoms with Gasteiger partial charge in [-0.1, -0.05) is 24.6 Å². The van der Waals surface area contributed by atoms with Crippen molar-refractivity contribution in [1.82, 2.24) is 0 Å². The molecule has 0 aliphatic carbocycles. The number of nitrogens with zero attached hydrogens (tertiary/aromatic N) is 1. The summed E-state index contributed by atoms with van der Waals surface area (Å²) >= 11 is 0. The van der Waals surface area contributed by atoms with Crippen LogP contribution in [-0.4, -0.2) is 36.9 Å². The van der Waals surface area contributed by atoms with Gasteiger partial charge < -0.3 is 4.74 Å².